The fraction of sp³-hybridized carbons (Fsp3) is 0.583. The molecule has 0 atom stereocenters. The molecule has 15 heavy (non-hydrogen) atoms. The van der Waals surface area contributed by atoms with Gasteiger partial charge in [0.05, 0.1) is 5.69 Å². The van der Waals surface area contributed by atoms with Crippen molar-refractivity contribution < 1.29 is 0 Å². The molecule has 1 saturated heterocycles. The minimum atomic E-state index is 0.232. The first-order chi connectivity index (χ1) is 7.18. The van der Waals surface area contributed by atoms with Crippen LogP contribution >= 0.6 is 0 Å². The second-order valence-corrected chi connectivity index (χ2v) is 4.73. The lowest BCUT2D eigenvalue weighted by Crippen LogP contribution is -2.57. The van der Waals surface area contributed by atoms with E-state index in [0.717, 1.165) is 31.9 Å². The highest BCUT2D eigenvalue weighted by atomic mass is 15.2. The molecular weight excluding hydrogens is 186 g/mol. The first-order valence-corrected chi connectivity index (χ1v) is 5.54. The summed E-state index contributed by atoms with van der Waals surface area (Å²) in [7, 11) is 0. The van der Waals surface area contributed by atoms with Crippen molar-refractivity contribution in [1.82, 2.24) is 15.2 Å². The van der Waals surface area contributed by atoms with Crippen LogP contribution in [0.1, 0.15) is 19.5 Å². The highest BCUT2D eigenvalue weighted by Crippen LogP contribution is 2.18. The summed E-state index contributed by atoms with van der Waals surface area (Å²) in [5, 5.41) is 3.43. The fourth-order valence-corrected chi connectivity index (χ4v) is 2.00. The minimum Gasteiger partial charge on any atom is -0.314 e. The smallest absolute Gasteiger partial charge is 0.0544 e. The summed E-state index contributed by atoms with van der Waals surface area (Å²) in [6.45, 7) is 8.75. The molecule has 0 saturated carbocycles. The molecule has 1 aliphatic heterocycles. The van der Waals surface area contributed by atoms with Gasteiger partial charge >= 0.3 is 0 Å². The topological polar surface area (TPSA) is 28.2 Å². The van der Waals surface area contributed by atoms with Gasteiger partial charge < -0.3 is 5.32 Å². The zero-order valence-electron chi connectivity index (χ0n) is 9.53. The van der Waals surface area contributed by atoms with Crippen molar-refractivity contribution in [3.63, 3.8) is 0 Å². The summed E-state index contributed by atoms with van der Waals surface area (Å²) in [5.74, 6) is 0. The van der Waals surface area contributed by atoms with Crippen molar-refractivity contribution in [2.24, 2.45) is 0 Å². The Labute approximate surface area is 91.5 Å². The Kier molecular flexibility index (Phi) is 3.03. The highest BCUT2D eigenvalue weighted by molar-refractivity contribution is 5.04. The molecular formula is C12H19N3. The van der Waals surface area contributed by atoms with Gasteiger partial charge in [-0.2, -0.15) is 0 Å². The fourth-order valence-electron chi connectivity index (χ4n) is 2.00. The number of piperazine rings is 1. The lowest BCUT2D eigenvalue weighted by molar-refractivity contribution is 0.0814. The Morgan fingerprint density at radius 3 is 3.00 bits per heavy atom. The van der Waals surface area contributed by atoms with Crippen LogP contribution in [0.15, 0.2) is 24.4 Å². The zero-order valence-corrected chi connectivity index (χ0v) is 9.53. The highest BCUT2D eigenvalue weighted by Gasteiger charge is 2.29. The summed E-state index contributed by atoms with van der Waals surface area (Å²) in [6, 6.07) is 6.11. The molecule has 3 heteroatoms. The third-order valence-electron chi connectivity index (χ3n) is 3.05. The van der Waals surface area contributed by atoms with E-state index < -0.39 is 0 Å². The van der Waals surface area contributed by atoms with Gasteiger partial charge in [-0.05, 0) is 26.0 Å². The Morgan fingerprint density at radius 2 is 2.33 bits per heavy atom. The van der Waals surface area contributed by atoms with Crippen LogP contribution in [0.4, 0.5) is 0 Å². The van der Waals surface area contributed by atoms with Gasteiger partial charge in [0.1, 0.15) is 0 Å². The predicted molar refractivity (Wildman–Crippen MR) is 61.6 cm³/mol. The molecule has 0 aliphatic carbocycles. The summed E-state index contributed by atoms with van der Waals surface area (Å²) in [4.78, 5) is 6.87. The van der Waals surface area contributed by atoms with Gasteiger partial charge in [0.15, 0.2) is 0 Å². The van der Waals surface area contributed by atoms with E-state index in [4.69, 9.17) is 0 Å². The van der Waals surface area contributed by atoms with Gasteiger partial charge in [-0.3, -0.25) is 9.88 Å². The third kappa shape index (κ3) is 2.55. The molecule has 3 nitrogen and oxygen atoms in total. The lowest BCUT2D eigenvalue weighted by Gasteiger charge is -2.42. The number of nitrogens with zero attached hydrogens (tertiary/aromatic N) is 2. The van der Waals surface area contributed by atoms with Gasteiger partial charge in [0.25, 0.3) is 0 Å². The summed E-state index contributed by atoms with van der Waals surface area (Å²) >= 11 is 0. The molecule has 0 aromatic carbocycles. The number of hydrogen-bond donors (Lipinski definition) is 1. The van der Waals surface area contributed by atoms with Crippen molar-refractivity contribution in [3.05, 3.63) is 30.1 Å². The molecule has 0 bridgehead atoms. The first kappa shape index (κ1) is 10.6. The third-order valence-corrected chi connectivity index (χ3v) is 3.05. The van der Waals surface area contributed by atoms with Gasteiger partial charge in [-0.15, -0.1) is 0 Å². The molecule has 1 fully saturated rings. The number of rotatable bonds is 2. The Bertz CT molecular complexity index is 308. The molecule has 1 N–H and O–H groups in total. The molecule has 1 aromatic heterocycles. The van der Waals surface area contributed by atoms with E-state index in [9.17, 15) is 0 Å². The predicted octanol–water partition coefficient (Wildman–Crippen LogP) is 1.27. The van der Waals surface area contributed by atoms with Gasteiger partial charge in [0.2, 0.25) is 0 Å². The SMILES string of the molecule is CC1(C)CNCCN1Cc1ccccn1. The van der Waals surface area contributed by atoms with Crippen LogP contribution in [-0.4, -0.2) is 35.1 Å². The average molecular weight is 205 g/mol. The maximum atomic E-state index is 4.38. The summed E-state index contributed by atoms with van der Waals surface area (Å²) in [5.41, 5.74) is 1.39. The van der Waals surface area contributed by atoms with E-state index in [2.05, 4.69) is 41.2 Å². The quantitative estimate of drug-likeness (QED) is 0.788. The van der Waals surface area contributed by atoms with Gasteiger partial charge in [0, 0.05) is 37.9 Å². The number of pyridine rings is 1. The second kappa shape index (κ2) is 4.29. The molecule has 2 rings (SSSR count). The van der Waals surface area contributed by atoms with Crippen LogP contribution in [0.3, 0.4) is 0 Å². The van der Waals surface area contributed by atoms with Crippen LogP contribution < -0.4 is 5.32 Å². The van der Waals surface area contributed by atoms with E-state index in [1.807, 2.05) is 12.3 Å². The van der Waals surface area contributed by atoms with Crippen molar-refractivity contribution in [2.75, 3.05) is 19.6 Å². The van der Waals surface area contributed by atoms with Crippen molar-refractivity contribution in [3.8, 4) is 0 Å². The minimum absolute atomic E-state index is 0.232. The van der Waals surface area contributed by atoms with Gasteiger partial charge in [-0.25, -0.2) is 0 Å². The number of aromatic nitrogens is 1. The van der Waals surface area contributed by atoms with E-state index in [0.29, 0.717) is 0 Å². The monoisotopic (exact) mass is 205 g/mol. The van der Waals surface area contributed by atoms with Gasteiger partial charge in [-0.1, -0.05) is 6.07 Å². The molecule has 1 aliphatic rings. The van der Waals surface area contributed by atoms with Crippen molar-refractivity contribution in [1.29, 1.82) is 0 Å². The molecule has 2 heterocycles. The molecule has 0 amide bonds. The summed E-state index contributed by atoms with van der Waals surface area (Å²) < 4.78 is 0. The molecule has 0 spiro atoms. The van der Waals surface area contributed by atoms with Crippen molar-refractivity contribution >= 4 is 0 Å². The number of nitrogens with one attached hydrogen (secondary N) is 1. The van der Waals surface area contributed by atoms with Crippen LogP contribution in [0, 0.1) is 0 Å². The average Bonchev–Trinajstić information content (AvgIpc) is 2.23. The summed E-state index contributed by atoms with van der Waals surface area (Å²) in [6.07, 6.45) is 1.87. The zero-order chi connectivity index (χ0) is 10.7. The Hall–Kier alpha value is -0.930. The molecule has 1 aromatic rings. The van der Waals surface area contributed by atoms with Crippen molar-refractivity contribution in [2.45, 2.75) is 25.9 Å². The molecule has 82 valence electrons. The van der Waals surface area contributed by atoms with E-state index >= 15 is 0 Å². The largest absolute Gasteiger partial charge is 0.314 e. The molecule has 0 unspecified atom stereocenters. The Morgan fingerprint density at radius 1 is 1.47 bits per heavy atom. The lowest BCUT2D eigenvalue weighted by atomic mass is 10.00. The van der Waals surface area contributed by atoms with Crippen LogP contribution in [0.5, 0.6) is 0 Å². The maximum absolute atomic E-state index is 4.38. The van der Waals surface area contributed by atoms with Crippen LogP contribution in [0.25, 0.3) is 0 Å². The van der Waals surface area contributed by atoms with E-state index in [1.165, 1.54) is 0 Å². The van der Waals surface area contributed by atoms with E-state index in [-0.39, 0.29) is 5.54 Å². The number of hydrogen-bond acceptors (Lipinski definition) is 3. The van der Waals surface area contributed by atoms with E-state index in [1.54, 1.807) is 0 Å². The first-order valence-electron chi connectivity index (χ1n) is 5.54. The Balaban J connectivity index is 2.05. The normalized spacial score (nSPS) is 21.5. The second-order valence-electron chi connectivity index (χ2n) is 4.73. The van der Waals surface area contributed by atoms with Crippen LogP contribution in [-0.2, 0) is 6.54 Å². The maximum Gasteiger partial charge on any atom is 0.0544 e. The molecule has 0 radical (unpaired) electrons. The standard InChI is InChI=1S/C12H19N3/c1-12(2)10-13-7-8-15(12)9-11-5-3-4-6-14-11/h3-6,13H,7-10H2,1-2H3. The van der Waals surface area contributed by atoms with Crippen LogP contribution in [0.2, 0.25) is 0 Å².